The highest BCUT2D eigenvalue weighted by Gasteiger charge is 2.74. The molecule has 0 bridgehead atoms. The summed E-state index contributed by atoms with van der Waals surface area (Å²) in [4.78, 5) is 23.5. The van der Waals surface area contributed by atoms with Crippen molar-refractivity contribution < 1.29 is 28.6 Å². The number of unbranched alkanes of at least 4 members (excludes halogenated alkanes) is 2. The number of rotatable bonds is 13. The lowest BCUT2D eigenvalue weighted by Gasteiger charge is -2.39. The summed E-state index contributed by atoms with van der Waals surface area (Å²) in [7, 11) is -1.97. The fourth-order valence-corrected chi connectivity index (χ4v) is 6.52. The SMILES string of the molecule is CCOC(=O)CCCC/C=C\[C@@H]1[C@H]2[C@H](O[Si](C)(C)C(C)(C)C)CC(O)[C@]21CCC(=O)OCC. The van der Waals surface area contributed by atoms with Gasteiger partial charge in [-0.05, 0) is 75.9 Å². The molecule has 5 atom stereocenters. The van der Waals surface area contributed by atoms with Crippen LogP contribution in [0.4, 0.5) is 0 Å². The monoisotopic (exact) mass is 482 g/mol. The maximum absolute atomic E-state index is 12.1. The predicted molar refractivity (Wildman–Crippen MR) is 132 cm³/mol. The topological polar surface area (TPSA) is 82.1 Å². The molecule has 1 N–H and O–H groups in total. The Morgan fingerprint density at radius 1 is 1.06 bits per heavy atom. The average Bonchev–Trinajstić information content (AvgIpc) is 3.27. The number of carbonyl (C=O) groups excluding carboxylic acids is 2. The van der Waals surface area contributed by atoms with Gasteiger partial charge in [-0.15, -0.1) is 0 Å². The van der Waals surface area contributed by atoms with Gasteiger partial charge in [0.15, 0.2) is 8.32 Å². The average molecular weight is 483 g/mol. The summed E-state index contributed by atoms with van der Waals surface area (Å²) in [5.74, 6) is 0.132. The Bertz CT molecular complexity index is 697. The van der Waals surface area contributed by atoms with E-state index in [4.69, 9.17) is 13.9 Å². The first-order valence-corrected chi connectivity index (χ1v) is 15.6. The van der Waals surface area contributed by atoms with Crippen LogP contribution in [0.1, 0.15) is 79.6 Å². The van der Waals surface area contributed by atoms with Crippen LogP contribution in [-0.2, 0) is 23.5 Å². The van der Waals surface area contributed by atoms with Crippen molar-refractivity contribution in [1.82, 2.24) is 0 Å². The Morgan fingerprint density at radius 3 is 2.24 bits per heavy atom. The zero-order valence-electron chi connectivity index (χ0n) is 21.8. The van der Waals surface area contributed by atoms with Crippen molar-refractivity contribution in [2.75, 3.05) is 13.2 Å². The van der Waals surface area contributed by atoms with Crippen molar-refractivity contribution in [3.8, 4) is 0 Å². The van der Waals surface area contributed by atoms with Gasteiger partial charge in [-0.25, -0.2) is 0 Å². The van der Waals surface area contributed by atoms with Gasteiger partial charge in [0.1, 0.15) is 0 Å². The van der Waals surface area contributed by atoms with Crippen molar-refractivity contribution in [2.45, 2.75) is 110 Å². The maximum atomic E-state index is 12.1. The normalized spacial score (nSPS) is 29.2. The molecule has 33 heavy (non-hydrogen) atoms. The molecule has 7 heteroatoms. The number of ether oxygens (including phenoxy) is 2. The lowest BCUT2D eigenvalue weighted by Crippen LogP contribution is -2.44. The van der Waals surface area contributed by atoms with Gasteiger partial charge in [0.2, 0.25) is 0 Å². The van der Waals surface area contributed by atoms with Gasteiger partial charge < -0.3 is 19.0 Å². The second kappa shape index (κ2) is 11.5. The maximum Gasteiger partial charge on any atom is 0.305 e. The molecule has 6 nitrogen and oxygen atoms in total. The van der Waals surface area contributed by atoms with Crippen molar-refractivity contribution in [2.24, 2.45) is 17.3 Å². The van der Waals surface area contributed by atoms with E-state index in [2.05, 4.69) is 46.0 Å². The molecule has 0 heterocycles. The van der Waals surface area contributed by atoms with Gasteiger partial charge in [-0.1, -0.05) is 32.9 Å². The van der Waals surface area contributed by atoms with E-state index in [0.29, 0.717) is 38.9 Å². The Kier molecular flexibility index (Phi) is 9.77. The molecule has 0 radical (unpaired) electrons. The third kappa shape index (κ3) is 6.70. The molecular formula is C26H46O6Si. The molecule has 0 saturated heterocycles. The van der Waals surface area contributed by atoms with E-state index in [-0.39, 0.29) is 40.3 Å². The molecule has 0 spiro atoms. The van der Waals surface area contributed by atoms with E-state index >= 15 is 0 Å². The molecule has 0 aromatic heterocycles. The molecule has 0 aliphatic heterocycles. The van der Waals surface area contributed by atoms with Crippen LogP contribution in [0.5, 0.6) is 0 Å². The lowest BCUT2D eigenvalue weighted by atomic mass is 9.90. The zero-order valence-corrected chi connectivity index (χ0v) is 22.8. The van der Waals surface area contributed by atoms with Crippen molar-refractivity contribution in [3.63, 3.8) is 0 Å². The second-order valence-electron chi connectivity index (χ2n) is 11.1. The van der Waals surface area contributed by atoms with E-state index in [0.717, 1.165) is 19.3 Å². The Hall–Kier alpha value is -1.18. The summed E-state index contributed by atoms with van der Waals surface area (Å²) >= 11 is 0. The summed E-state index contributed by atoms with van der Waals surface area (Å²) in [5, 5.41) is 11.2. The highest BCUT2D eigenvalue weighted by atomic mass is 28.4. The Morgan fingerprint density at radius 2 is 1.67 bits per heavy atom. The number of aliphatic hydroxyl groups excluding tert-OH is 1. The van der Waals surface area contributed by atoms with Crippen LogP contribution in [-0.4, -0.2) is 50.8 Å². The van der Waals surface area contributed by atoms with Crippen LogP contribution in [0.25, 0.3) is 0 Å². The highest BCUT2D eigenvalue weighted by Crippen LogP contribution is 2.72. The first kappa shape index (κ1) is 28.1. The summed E-state index contributed by atoms with van der Waals surface area (Å²) in [6.07, 6.45) is 8.65. The molecule has 1 unspecified atom stereocenters. The van der Waals surface area contributed by atoms with Gasteiger partial charge in [-0.2, -0.15) is 0 Å². The third-order valence-corrected chi connectivity index (χ3v) is 12.5. The van der Waals surface area contributed by atoms with Gasteiger partial charge >= 0.3 is 11.9 Å². The molecule has 2 aliphatic carbocycles. The van der Waals surface area contributed by atoms with Gasteiger partial charge in [0.05, 0.1) is 25.4 Å². The largest absolute Gasteiger partial charge is 0.466 e. The number of esters is 2. The van der Waals surface area contributed by atoms with E-state index in [1.807, 2.05) is 13.8 Å². The van der Waals surface area contributed by atoms with Crippen molar-refractivity contribution >= 4 is 20.3 Å². The minimum Gasteiger partial charge on any atom is -0.466 e. The first-order valence-electron chi connectivity index (χ1n) is 12.7. The number of aliphatic hydroxyl groups is 1. The summed E-state index contributed by atoms with van der Waals surface area (Å²) in [5.41, 5.74) is -0.290. The minimum atomic E-state index is -1.97. The quantitative estimate of drug-likeness (QED) is 0.164. The predicted octanol–water partition coefficient (Wildman–Crippen LogP) is 5.40. The van der Waals surface area contributed by atoms with E-state index < -0.39 is 14.4 Å². The molecule has 2 rings (SSSR count). The molecule has 0 amide bonds. The number of fused-ring (bicyclic) bond motifs is 1. The van der Waals surface area contributed by atoms with Crippen molar-refractivity contribution in [1.29, 1.82) is 0 Å². The van der Waals surface area contributed by atoms with E-state index in [1.165, 1.54) is 0 Å². The molecule has 190 valence electrons. The molecule has 0 aromatic carbocycles. The summed E-state index contributed by atoms with van der Waals surface area (Å²) in [6, 6.07) is 0. The smallest absolute Gasteiger partial charge is 0.305 e. The Balaban J connectivity index is 2.03. The van der Waals surface area contributed by atoms with Crippen LogP contribution in [0.2, 0.25) is 18.1 Å². The van der Waals surface area contributed by atoms with Gasteiger partial charge in [0, 0.05) is 18.3 Å². The second-order valence-corrected chi connectivity index (χ2v) is 15.9. The fourth-order valence-electron chi connectivity index (χ4n) is 5.16. The summed E-state index contributed by atoms with van der Waals surface area (Å²) in [6.45, 7) is 15.7. The molecule has 0 aromatic rings. The fraction of sp³-hybridized carbons (Fsp3) is 0.846. The van der Waals surface area contributed by atoms with Gasteiger partial charge in [0.25, 0.3) is 0 Å². The molecule has 2 aliphatic rings. The Labute approximate surface area is 201 Å². The van der Waals surface area contributed by atoms with E-state index in [1.54, 1.807) is 0 Å². The number of carbonyl (C=O) groups is 2. The van der Waals surface area contributed by atoms with Crippen LogP contribution in [0.15, 0.2) is 12.2 Å². The van der Waals surface area contributed by atoms with Crippen LogP contribution >= 0.6 is 0 Å². The number of hydrogen-bond acceptors (Lipinski definition) is 6. The third-order valence-electron chi connectivity index (χ3n) is 7.97. The number of allylic oxidation sites excluding steroid dienone is 2. The lowest BCUT2D eigenvalue weighted by molar-refractivity contribution is -0.144. The molecular weight excluding hydrogens is 436 g/mol. The minimum absolute atomic E-state index is 0.0292. The molecule has 2 saturated carbocycles. The summed E-state index contributed by atoms with van der Waals surface area (Å²) < 4.78 is 16.9. The van der Waals surface area contributed by atoms with Gasteiger partial charge in [-0.3, -0.25) is 9.59 Å². The zero-order chi connectivity index (χ0) is 24.9. The van der Waals surface area contributed by atoms with E-state index in [9.17, 15) is 14.7 Å². The standard InChI is InChI=1S/C26H46O6Si/c1-8-30-22(28)15-13-11-10-12-14-19-24-20(32-33(6,7)25(3,4)5)18-21(27)26(19,24)17-16-23(29)31-9-2/h12,14,19-21,24,27H,8-11,13,15-18H2,1-7H3/b14-12-/t19-,20-,21?,24+,26-/m1/s1. The van der Waals surface area contributed by atoms with Crippen LogP contribution in [0, 0.1) is 17.3 Å². The number of hydrogen-bond donors (Lipinski definition) is 1. The highest BCUT2D eigenvalue weighted by molar-refractivity contribution is 6.74. The molecule has 2 fully saturated rings. The first-order chi connectivity index (χ1) is 15.4. The van der Waals surface area contributed by atoms with Crippen LogP contribution in [0.3, 0.4) is 0 Å². The van der Waals surface area contributed by atoms with Crippen molar-refractivity contribution in [3.05, 3.63) is 12.2 Å². The van der Waals surface area contributed by atoms with Crippen LogP contribution < -0.4 is 0 Å².